The van der Waals surface area contributed by atoms with Crippen molar-refractivity contribution in [1.29, 1.82) is 0 Å². The molecular formula is C17H23NO5. The largest absolute Gasteiger partial charge is 0.481 e. The number of carbonyl (C=O) groups is 2. The summed E-state index contributed by atoms with van der Waals surface area (Å²) >= 11 is 0. The van der Waals surface area contributed by atoms with E-state index in [1.807, 2.05) is 0 Å². The normalized spacial score (nSPS) is 17.3. The lowest BCUT2D eigenvalue weighted by Gasteiger charge is -2.35. The van der Waals surface area contributed by atoms with Crippen molar-refractivity contribution in [2.75, 3.05) is 18.5 Å². The van der Waals surface area contributed by atoms with E-state index in [0.29, 0.717) is 37.3 Å². The fraction of sp³-hybridized carbons (Fsp3) is 0.529. The SMILES string of the molecule is CC(C)(C)OC(=O)Nc1ccccc1C1(C(=O)O)CCOCC1. The number of hydrogen-bond donors (Lipinski definition) is 2. The van der Waals surface area contributed by atoms with Crippen molar-refractivity contribution in [3.05, 3.63) is 29.8 Å². The maximum Gasteiger partial charge on any atom is 0.412 e. The van der Waals surface area contributed by atoms with E-state index in [4.69, 9.17) is 9.47 Å². The Morgan fingerprint density at radius 1 is 1.22 bits per heavy atom. The van der Waals surface area contributed by atoms with Crippen LogP contribution < -0.4 is 5.32 Å². The number of rotatable bonds is 3. The molecule has 23 heavy (non-hydrogen) atoms. The molecule has 1 heterocycles. The highest BCUT2D eigenvalue weighted by atomic mass is 16.6. The second kappa shape index (κ2) is 6.58. The monoisotopic (exact) mass is 321 g/mol. The number of nitrogens with one attached hydrogen (secondary N) is 1. The van der Waals surface area contributed by atoms with Crippen LogP contribution in [-0.2, 0) is 19.7 Å². The number of carboxylic acids is 1. The fourth-order valence-electron chi connectivity index (χ4n) is 2.74. The molecule has 1 saturated heterocycles. The molecule has 1 aromatic carbocycles. The summed E-state index contributed by atoms with van der Waals surface area (Å²) in [6.45, 7) is 6.08. The van der Waals surface area contributed by atoms with Crippen molar-refractivity contribution in [3.8, 4) is 0 Å². The number of hydrogen-bond acceptors (Lipinski definition) is 4. The summed E-state index contributed by atoms with van der Waals surface area (Å²) in [5, 5.41) is 12.5. The van der Waals surface area contributed by atoms with Gasteiger partial charge in [0.15, 0.2) is 0 Å². The van der Waals surface area contributed by atoms with E-state index in [9.17, 15) is 14.7 Å². The molecule has 0 radical (unpaired) electrons. The summed E-state index contributed by atoms with van der Waals surface area (Å²) in [6, 6.07) is 6.96. The lowest BCUT2D eigenvalue weighted by molar-refractivity contribution is -0.147. The third kappa shape index (κ3) is 4.01. The molecule has 2 rings (SSSR count). The minimum absolute atomic E-state index is 0.370. The second-order valence-electron chi connectivity index (χ2n) is 6.67. The molecule has 1 aliphatic heterocycles. The van der Waals surface area contributed by atoms with Crippen LogP contribution in [0.3, 0.4) is 0 Å². The smallest absolute Gasteiger partial charge is 0.412 e. The van der Waals surface area contributed by atoms with Gasteiger partial charge in [0.05, 0.1) is 5.41 Å². The van der Waals surface area contributed by atoms with Gasteiger partial charge in [0.1, 0.15) is 5.60 Å². The topological polar surface area (TPSA) is 84.9 Å². The Labute approximate surface area is 135 Å². The van der Waals surface area contributed by atoms with Gasteiger partial charge in [-0.25, -0.2) is 4.79 Å². The quantitative estimate of drug-likeness (QED) is 0.893. The number of anilines is 1. The van der Waals surface area contributed by atoms with Crippen LogP contribution in [0.4, 0.5) is 10.5 Å². The zero-order valence-corrected chi connectivity index (χ0v) is 13.7. The molecule has 126 valence electrons. The van der Waals surface area contributed by atoms with Gasteiger partial charge >= 0.3 is 12.1 Å². The maximum absolute atomic E-state index is 12.0. The number of amides is 1. The van der Waals surface area contributed by atoms with Crippen LogP contribution in [0.2, 0.25) is 0 Å². The molecule has 1 aromatic rings. The van der Waals surface area contributed by atoms with Crippen LogP contribution in [0, 0.1) is 0 Å². The van der Waals surface area contributed by atoms with Gasteiger partial charge in [-0.05, 0) is 45.2 Å². The van der Waals surface area contributed by atoms with Crippen LogP contribution in [0.15, 0.2) is 24.3 Å². The Morgan fingerprint density at radius 3 is 2.39 bits per heavy atom. The van der Waals surface area contributed by atoms with E-state index in [1.165, 1.54) is 0 Å². The van der Waals surface area contributed by atoms with Gasteiger partial charge in [-0.1, -0.05) is 18.2 Å². The number of carbonyl (C=O) groups excluding carboxylic acids is 1. The Balaban J connectivity index is 2.32. The third-order valence-electron chi connectivity index (χ3n) is 3.83. The summed E-state index contributed by atoms with van der Waals surface area (Å²) < 4.78 is 10.6. The van der Waals surface area contributed by atoms with E-state index < -0.39 is 23.1 Å². The minimum atomic E-state index is -1.05. The Hall–Kier alpha value is -2.08. The van der Waals surface area contributed by atoms with Crippen LogP contribution in [-0.4, -0.2) is 36.0 Å². The number of carboxylic acid groups (broad SMARTS) is 1. The Kier molecular flexibility index (Phi) is 4.94. The van der Waals surface area contributed by atoms with Crippen LogP contribution in [0.5, 0.6) is 0 Å². The van der Waals surface area contributed by atoms with Gasteiger partial charge < -0.3 is 14.6 Å². The van der Waals surface area contributed by atoms with E-state index in [1.54, 1.807) is 45.0 Å². The molecule has 0 aromatic heterocycles. The summed E-state index contributed by atoms with van der Waals surface area (Å²) in [7, 11) is 0. The van der Waals surface area contributed by atoms with E-state index in [2.05, 4.69) is 5.32 Å². The van der Waals surface area contributed by atoms with Crippen LogP contribution in [0.25, 0.3) is 0 Å². The maximum atomic E-state index is 12.0. The fourth-order valence-corrected chi connectivity index (χ4v) is 2.74. The summed E-state index contributed by atoms with van der Waals surface area (Å²) in [5.74, 6) is -0.903. The first kappa shape index (κ1) is 17.3. The van der Waals surface area contributed by atoms with Crippen molar-refractivity contribution < 1.29 is 24.2 Å². The van der Waals surface area contributed by atoms with Gasteiger partial charge in [0.25, 0.3) is 0 Å². The molecule has 0 atom stereocenters. The third-order valence-corrected chi connectivity index (χ3v) is 3.83. The first-order valence-electron chi connectivity index (χ1n) is 7.65. The van der Waals surface area contributed by atoms with E-state index in [0.717, 1.165) is 0 Å². The molecule has 1 aliphatic rings. The molecule has 0 aliphatic carbocycles. The molecule has 0 saturated carbocycles. The van der Waals surface area contributed by atoms with Gasteiger partial charge in [-0.3, -0.25) is 10.1 Å². The average molecular weight is 321 g/mol. The van der Waals surface area contributed by atoms with Gasteiger partial charge in [0, 0.05) is 18.9 Å². The molecule has 6 nitrogen and oxygen atoms in total. The zero-order chi connectivity index (χ0) is 17.1. The lowest BCUT2D eigenvalue weighted by atomic mass is 9.73. The van der Waals surface area contributed by atoms with Crippen molar-refractivity contribution >= 4 is 17.7 Å². The minimum Gasteiger partial charge on any atom is -0.481 e. The molecular weight excluding hydrogens is 298 g/mol. The van der Waals surface area contributed by atoms with Crippen LogP contribution in [0.1, 0.15) is 39.2 Å². The second-order valence-corrected chi connectivity index (χ2v) is 6.67. The average Bonchev–Trinajstić information content (AvgIpc) is 2.46. The highest BCUT2D eigenvalue weighted by Gasteiger charge is 2.43. The highest BCUT2D eigenvalue weighted by molar-refractivity contribution is 5.90. The molecule has 1 amide bonds. The van der Waals surface area contributed by atoms with Crippen molar-refractivity contribution in [3.63, 3.8) is 0 Å². The highest BCUT2D eigenvalue weighted by Crippen LogP contribution is 2.39. The molecule has 0 bridgehead atoms. The predicted octanol–water partition coefficient (Wildman–Crippen LogP) is 3.17. The summed E-state index contributed by atoms with van der Waals surface area (Å²) in [4.78, 5) is 24.0. The Morgan fingerprint density at radius 2 is 1.83 bits per heavy atom. The van der Waals surface area contributed by atoms with E-state index >= 15 is 0 Å². The number of ether oxygens (including phenoxy) is 2. The summed E-state index contributed by atoms with van der Waals surface area (Å²) in [6.07, 6.45) is 0.141. The first-order valence-corrected chi connectivity index (χ1v) is 7.65. The standard InChI is InChI=1S/C17H23NO5/c1-16(2,3)23-15(21)18-13-7-5-4-6-12(13)17(14(19)20)8-10-22-11-9-17/h4-7H,8-11H2,1-3H3,(H,18,21)(H,19,20). The van der Waals surface area contributed by atoms with E-state index in [-0.39, 0.29) is 0 Å². The number of para-hydroxylation sites is 1. The van der Waals surface area contributed by atoms with Crippen molar-refractivity contribution in [2.24, 2.45) is 0 Å². The van der Waals surface area contributed by atoms with Crippen molar-refractivity contribution in [1.82, 2.24) is 0 Å². The number of benzene rings is 1. The molecule has 2 N–H and O–H groups in total. The Bertz CT molecular complexity index is 585. The summed E-state index contributed by atoms with van der Waals surface area (Å²) in [5.41, 5.74) is -0.626. The van der Waals surface area contributed by atoms with Crippen molar-refractivity contribution in [2.45, 2.75) is 44.6 Å². The van der Waals surface area contributed by atoms with Gasteiger partial charge in [-0.2, -0.15) is 0 Å². The molecule has 6 heteroatoms. The lowest BCUT2D eigenvalue weighted by Crippen LogP contribution is -2.42. The molecule has 0 spiro atoms. The van der Waals surface area contributed by atoms with Gasteiger partial charge in [0.2, 0.25) is 0 Å². The zero-order valence-electron chi connectivity index (χ0n) is 13.7. The first-order chi connectivity index (χ1) is 10.7. The van der Waals surface area contributed by atoms with Crippen LogP contribution >= 0.6 is 0 Å². The number of aliphatic carboxylic acids is 1. The van der Waals surface area contributed by atoms with Gasteiger partial charge in [-0.15, -0.1) is 0 Å². The predicted molar refractivity (Wildman–Crippen MR) is 85.7 cm³/mol. The molecule has 1 fully saturated rings. The molecule has 0 unspecified atom stereocenters.